The van der Waals surface area contributed by atoms with E-state index in [9.17, 15) is 4.79 Å². The number of nitrogen functional groups attached to an aromatic ring is 1. The molecule has 0 bridgehead atoms. The molecular weight excluding hydrogens is 252 g/mol. The molecule has 3 N–H and O–H groups in total. The molecule has 110 valence electrons. The molecule has 3 unspecified atom stereocenters. The van der Waals surface area contributed by atoms with Crippen LogP contribution in [0.5, 0.6) is 5.75 Å². The van der Waals surface area contributed by atoms with Crippen molar-refractivity contribution < 1.29 is 9.53 Å². The number of ether oxygens (including phenoxy) is 1. The van der Waals surface area contributed by atoms with E-state index in [1.165, 1.54) is 12.8 Å². The van der Waals surface area contributed by atoms with Crippen LogP contribution in [0.3, 0.4) is 0 Å². The molecule has 4 nitrogen and oxygen atoms in total. The minimum absolute atomic E-state index is 0.0479. The molecule has 20 heavy (non-hydrogen) atoms. The van der Waals surface area contributed by atoms with Crippen LogP contribution in [0, 0.1) is 11.8 Å². The van der Waals surface area contributed by atoms with Gasteiger partial charge >= 0.3 is 0 Å². The van der Waals surface area contributed by atoms with E-state index in [4.69, 9.17) is 10.5 Å². The van der Waals surface area contributed by atoms with Gasteiger partial charge in [-0.2, -0.15) is 0 Å². The Morgan fingerprint density at radius 1 is 1.30 bits per heavy atom. The fraction of sp³-hybridized carbons (Fsp3) is 0.562. The average molecular weight is 276 g/mol. The van der Waals surface area contributed by atoms with Crippen LogP contribution in [0.15, 0.2) is 24.3 Å². The van der Waals surface area contributed by atoms with Crippen molar-refractivity contribution in [1.82, 2.24) is 5.32 Å². The molecule has 1 aromatic carbocycles. The zero-order chi connectivity index (χ0) is 14.5. The largest absolute Gasteiger partial charge is 0.484 e. The van der Waals surface area contributed by atoms with Crippen molar-refractivity contribution in [3.63, 3.8) is 0 Å². The van der Waals surface area contributed by atoms with E-state index in [2.05, 4.69) is 19.2 Å². The van der Waals surface area contributed by atoms with Gasteiger partial charge in [0.15, 0.2) is 6.61 Å². The molecule has 0 heterocycles. The van der Waals surface area contributed by atoms with Crippen molar-refractivity contribution in [2.24, 2.45) is 11.8 Å². The van der Waals surface area contributed by atoms with Crippen LogP contribution in [0.1, 0.15) is 33.1 Å². The van der Waals surface area contributed by atoms with E-state index < -0.39 is 0 Å². The zero-order valence-electron chi connectivity index (χ0n) is 12.3. The lowest BCUT2D eigenvalue weighted by Crippen LogP contribution is -2.44. The fourth-order valence-electron chi connectivity index (χ4n) is 2.84. The van der Waals surface area contributed by atoms with E-state index in [0.29, 0.717) is 17.4 Å². The summed E-state index contributed by atoms with van der Waals surface area (Å²) < 4.78 is 5.45. The summed E-state index contributed by atoms with van der Waals surface area (Å²) in [5, 5.41) is 3.08. The first-order valence-electron chi connectivity index (χ1n) is 7.32. The van der Waals surface area contributed by atoms with Gasteiger partial charge in [-0.15, -0.1) is 0 Å². The van der Waals surface area contributed by atoms with Crippen molar-refractivity contribution in [1.29, 1.82) is 0 Å². The van der Waals surface area contributed by atoms with E-state index in [1.54, 1.807) is 24.3 Å². The summed E-state index contributed by atoms with van der Waals surface area (Å²) in [6.45, 7) is 4.54. The summed E-state index contributed by atoms with van der Waals surface area (Å²) in [5.74, 6) is 1.93. The predicted octanol–water partition coefficient (Wildman–Crippen LogP) is 2.59. The molecule has 0 aromatic heterocycles. The Kier molecular flexibility index (Phi) is 4.88. The summed E-state index contributed by atoms with van der Waals surface area (Å²) in [5.41, 5.74) is 6.28. The Hall–Kier alpha value is -1.71. The van der Waals surface area contributed by atoms with Crippen LogP contribution >= 0.6 is 0 Å². The van der Waals surface area contributed by atoms with Gasteiger partial charge in [-0.05, 0) is 55.4 Å². The first kappa shape index (κ1) is 14.7. The second-order valence-electron chi connectivity index (χ2n) is 5.93. The van der Waals surface area contributed by atoms with Crippen LogP contribution in [0.2, 0.25) is 0 Å². The maximum atomic E-state index is 11.9. The van der Waals surface area contributed by atoms with Gasteiger partial charge in [0.2, 0.25) is 0 Å². The molecule has 1 fully saturated rings. The molecule has 4 heteroatoms. The Balaban J connectivity index is 1.76. The Morgan fingerprint density at radius 3 is 2.65 bits per heavy atom. The van der Waals surface area contributed by atoms with Crippen molar-refractivity contribution in [3.05, 3.63) is 24.3 Å². The number of amides is 1. The number of carbonyl (C=O) groups is 1. The molecule has 0 radical (unpaired) electrons. The number of anilines is 1. The number of hydrogen-bond donors (Lipinski definition) is 2. The summed E-state index contributed by atoms with van der Waals surface area (Å²) in [4.78, 5) is 11.9. The van der Waals surface area contributed by atoms with E-state index >= 15 is 0 Å². The van der Waals surface area contributed by atoms with Gasteiger partial charge in [0, 0.05) is 11.7 Å². The fourth-order valence-corrected chi connectivity index (χ4v) is 2.84. The lowest BCUT2D eigenvalue weighted by atomic mass is 9.80. The van der Waals surface area contributed by atoms with Crippen molar-refractivity contribution in [2.45, 2.75) is 39.2 Å². The molecule has 1 aliphatic carbocycles. The van der Waals surface area contributed by atoms with Gasteiger partial charge in [0.25, 0.3) is 5.91 Å². The smallest absolute Gasteiger partial charge is 0.258 e. The lowest BCUT2D eigenvalue weighted by Gasteiger charge is -2.33. The average Bonchev–Trinajstić information content (AvgIpc) is 2.41. The van der Waals surface area contributed by atoms with Gasteiger partial charge in [-0.25, -0.2) is 0 Å². The molecular formula is C16H24N2O2. The maximum Gasteiger partial charge on any atom is 0.258 e. The SMILES string of the molecule is CC1CCC(NC(=O)COc2ccc(N)cc2)C(C)C1. The number of nitrogens with two attached hydrogens (primary N) is 1. The third kappa shape index (κ3) is 4.15. The standard InChI is InChI=1S/C16H24N2O2/c1-11-3-8-15(12(2)9-11)18-16(19)10-20-14-6-4-13(17)5-7-14/h4-7,11-12,15H,3,8-10,17H2,1-2H3,(H,18,19). The molecule has 2 rings (SSSR count). The second-order valence-corrected chi connectivity index (χ2v) is 5.93. The van der Waals surface area contributed by atoms with E-state index in [1.807, 2.05) is 0 Å². The number of hydrogen-bond acceptors (Lipinski definition) is 3. The van der Waals surface area contributed by atoms with Crippen molar-refractivity contribution in [3.8, 4) is 5.75 Å². The van der Waals surface area contributed by atoms with Crippen LogP contribution < -0.4 is 15.8 Å². The zero-order valence-corrected chi connectivity index (χ0v) is 12.3. The quantitative estimate of drug-likeness (QED) is 0.831. The molecule has 0 aliphatic heterocycles. The monoisotopic (exact) mass is 276 g/mol. The van der Waals surface area contributed by atoms with Crippen LogP contribution in [-0.2, 0) is 4.79 Å². The lowest BCUT2D eigenvalue weighted by molar-refractivity contribution is -0.124. The summed E-state index contributed by atoms with van der Waals surface area (Å²) in [7, 11) is 0. The van der Waals surface area contributed by atoms with Crippen LogP contribution in [0.4, 0.5) is 5.69 Å². The molecule has 0 saturated heterocycles. The van der Waals surface area contributed by atoms with Gasteiger partial charge in [-0.1, -0.05) is 13.8 Å². The third-order valence-corrected chi connectivity index (χ3v) is 4.03. The number of carbonyl (C=O) groups excluding carboxylic acids is 1. The minimum atomic E-state index is -0.0479. The molecule has 1 aliphatic rings. The highest BCUT2D eigenvalue weighted by atomic mass is 16.5. The number of rotatable bonds is 4. The first-order valence-corrected chi connectivity index (χ1v) is 7.32. The molecule has 1 amide bonds. The van der Waals surface area contributed by atoms with Crippen LogP contribution in [-0.4, -0.2) is 18.6 Å². The number of nitrogens with one attached hydrogen (secondary N) is 1. The van der Waals surface area contributed by atoms with Crippen molar-refractivity contribution >= 4 is 11.6 Å². The van der Waals surface area contributed by atoms with Gasteiger partial charge < -0.3 is 15.8 Å². The normalized spacial score (nSPS) is 26.0. The Labute approximate surface area is 120 Å². The van der Waals surface area contributed by atoms with Gasteiger partial charge in [-0.3, -0.25) is 4.79 Å². The molecule has 1 aromatic rings. The molecule has 3 atom stereocenters. The highest BCUT2D eigenvalue weighted by Crippen LogP contribution is 2.28. The number of benzene rings is 1. The highest BCUT2D eigenvalue weighted by molar-refractivity contribution is 5.77. The van der Waals surface area contributed by atoms with Crippen molar-refractivity contribution in [2.75, 3.05) is 12.3 Å². The summed E-state index contributed by atoms with van der Waals surface area (Å²) in [6, 6.07) is 7.35. The van der Waals surface area contributed by atoms with E-state index in [0.717, 1.165) is 12.3 Å². The van der Waals surface area contributed by atoms with Gasteiger partial charge in [0.05, 0.1) is 0 Å². The topological polar surface area (TPSA) is 64.3 Å². The Bertz CT molecular complexity index is 444. The van der Waals surface area contributed by atoms with Gasteiger partial charge in [0.1, 0.15) is 5.75 Å². The predicted molar refractivity (Wildman–Crippen MR) is 80.5 cm³/mol. The first-order chi connectivity index (χ1) is 9.54. The summed E-state index contributed by atoms with van der Waals surface area (Å²) >= 11 is 0. The molecule has 0 spiro atoms. The minimum Gasteiger partial charge on any atom is -0.484 e. The highest BCUT2D eigenvalue weighted by Gasteiger charge is 2.26. The Morgan fingerprint density at radius 2 is 2.00 bits per heavy atom. The van der Waals surface area contributed by atoms with E-state index in [-0.39, 0.29) is 18.6 Å². The second kappa shape index (κ2) is 6.64. The third-order valence-electron chi connectivity index (χ3n) is 4.03. The summed E-state index contributed by atoms with van der Waals surface area (Å²) in [6.07, 6.45) is 3.44. The van der Waals surface area contributed by atoms with Crippen LogP contribution in [0.25, 0.3) is 0 Å². The molecule has 1 saturated carbocycles. The maximum absolute atomic E-state index is 11.9.